The molecule has 1 saturated heterocycles. The maximum Gasteiger partial charge on any atom is 0.323 e. The van der Waals surface area contributed by atoms with E-state index < -0.39 is 17.7 Å². The summed E-state index contributed by atoms with van der Waals surface area (Å²) in [5, 5.41) is 8.24. The Morgan fingerprint density at radius 1 is 0.824 bits per heavy atom. The van der Waals surface area contributed by atoms with Crippen LogP contribution < -0.4 is 20.9 Å². The number of amides is 3. The summed E-state index contributed by atoms with van der Waals surface area (Å²) in [6.45, 7) is 1.66. The zero-order chi connectivity index (χ0) is 24.1. The number of anilines is 4. The molecule has 0 radical (unpaired) electrons. The number of carbonyl (C=O) groups excluding carboxylic acids is 2. The maximum atomic E-state index is 14.0. The average molecular weight is 485 g/mol. The summed E-state index contributed by atoms with van der Waals surface area (Å²) in [6, 6.07) is 14.1. The monoisotopic (exact) mass is 484 g/mol. The van der Waals surface area contributed by atoms with Crippen LogP contribution in [0.2, 0.25) is 5.02 Å². The first kappa shape index (κ1) is 23.5. The summed E-state index contributed by atoms with van der Waals surface area (Å²) in [6.07, 6.45) is 3.18. The second kappa shape index (κ2) is 10.5. The van der Waals surface area contributed by atoms with E-state index in [2.05, 4.69) is 20.9 Å². The Morgan fingerprint density at radius 3 is 2.29 bits per heavy atom. The standard InChI is InChI=1S/C25H23ClF2N4O2/c26-19-7-3-2-6-18(19)24(33)29-17-9-11-23(32-12-4-1-5-13-32)22(15-17)31-25(34)30-21-10-8-16(27)14-20(21)28/h2-3,6-11,14-15H,1,4-5,12-13H2,(H,29,33)(H2,30,31,34). The highest BCUT2D eigenvalue weighted by atomic mass is 35.5. The Morgan fingerprint density at radius 2 is 1.56 bits per heavy atom. The summed E-state index contributed by atoms with van der Waals surface area (Å²) in [5.41, 5.74) is 1.85. The molecule has 0 aliphatic carbocycles. The zero-order valence-corrected chi connectivity index (χ0v) is 19.0. The Hall–Kier alpha value is -3.65. The Labute approximate surface area is 200 Å². The van der Waals surface area contributed by atoms with Crippen LogP contribution in [0.5, 0.6) is 0 Å². The molecule has 34 heavy (non-hydrogen) atoms. The summed E-state index contributed by atoms with van der Waals surface area (Å²) in [4.78, 5) is 27.5. The predicted molar refractivity (Wildman–Crippen MR) is 131 cm³/mol. The SMILES string of the molecule is O=C(Nc1ccc(F)cc1F)Nc1cc(NC(=O)c2ccccc2Cl)ccc1N1CCCCC1. The molecule has 0 aromatic heterocycles. The van der Waals surface area contributed by atoms with Crippen LogP contribution in [0.4, 0.5) is 36.3 Å². The molecule has 6 nitrogen and oxygen atoms in total. The van der Waals surface area contributed by atoms with Crippen molar-refractivity contribution in [2.45, 2.75) is 19.3 Å². The summed E-state index contributed by atoms with van der Waals surface area (Å²) in [7, 11) is 0. The van der Waals surface area contributed by atoms with Gasteiger partial charge in [-0.2, -0.15) is 0 Å². The molecule has 0 bridgehead atoms. The van der Waals surface area contributed by atoms with Gasteiger partial charge in [-0.05, 0) is 61.7 Å². The Bertz CT molecular complexity index is 1220. The number of piperidine rings is 1. The minimum Gasteiger partial charge on any atom is -0.370 e. The van der Waals surface area contributed by atoms with Gasteiger partial charge in [0.15, 0.2) is 0 Å². The van der Waals surface area contributed by atoms with Crippen molar-refractivity contribution in [1.29, 1.82) is 0 Å². The van der Waals surface area contributed by atoms with Crippen LogP contribution in [-0.4, -0.2) is 25.0 Å². The van der Waals surface area contributed by atoms with E-state index in [0.717, 1.165) is 50.2 Å². The predicted octanol–water partition coefficient (Wildman–Crippen LogP) is 6.50. The lowest BCUT2D eigenvalue weighted by Crippen LogP contribution is -2.31. The second-order valence-electron chi connectivity index (χ2n) is 7.92. The van der Waals surface area contributed by atoms with E-state index >= 15 is 0 Å². The molecule has 3 aromatic carbocycles. The highest BCUT2D eigenvalue weighted by Crippen LogP contribution is 2.32. The van der Waals surface area contributed by atoms with Crippen LogP contribution in [0.25, 0.3) is 0 Å². The van der Waals surface area contributed by atoms with Crippen molar-refractivity contribution < 1.29 is 18.4 Å². The number of nitrogens with one attached hydrogen (secondary N) is 3. The van der Waals surface area contributed by atoms with E-state index in [1.807, 2.05) is 6.07 Å². The number of hydrogen-bond acceptors (Lipinski definition) is 3. The molecule has 1 heterocycles. The van der Waals surface area contributed by atoms with Gasteiger partial charge in [0.1, 0.15) is 11.6 Å². The third kappa shape index (κ3) is 5.63. The van der Waals surface area contributed by atoms with Gasteiger partial charge in [0, 0.05) is 24.8 Å². The topological polar surface area (TPSA) is 73.5 Å². The fourth-order valence-corrected chi connectivity index (χ4v) is 4.06. The average Bonchev–Trinajstić information content (AvgIpc) is 2.82. The normalized spacial score (nSPS) is 13.3. The number of urea groups is 1. The Balaban J connectivity index is 1.57. The highest BCUT2D eigenvalue weighted by molar-refractivity contribution is 6.34. The molecule has 9 heteroatoms. The van der Waals surface area contributed by atoms with Gasteiger partial charge < -0.3 is 20.9 Å². The van der Waals surface area contributed by atoms with Gasteiger partial charge in [0.25, 0.3) is 5.91 Å². The smallest absolute Gasteiger partial charge is 0.323 e. The Kier molecular flexibility index (Phi) is 7.27. The largest absolute Gasteiger partial charge is 0.370 e. The van der Waals surface area contributed by atoms with Gasteiger partial charge in [-0.15, -0.1) is 0 Å². The zero-order valence-electron chi connectivity index (χ0n) is 18.2. The quantitative estimate of drug-likeness (QED) is 0.386. The fourth-order valence-electron chi connectivity index (χ4n) is 3.83. The van der Waals surface area contributed by atoms with E-state index in [1.165, 1.54) is 0 Å². The van der Waals surface area contributed by atoms with Crippen molar-refractivity contribution in [2.75, 3.05) is 33.9 Å². The van der Waals surface area contributed by atoms with Gasteiger partial charge in [-0.3, -0.25) is 4.79 Å². The molecule has 3 aromatic rings. The molecule has 3 amide bonds. The van der Waals surface area contributed by atoms with Gasteiger partial charge >= 0.3 is 6.03 Å². The van der Waals surface area contributed by atoms with Gasteiger partial charge in [0.2, 0.25) is 0 Å². The van der Waals surface area contributed by atoms with Crippen LogP contribution in [0.15, 0.2) is 60.7 Å². The van der Waals surface area contributed by atoms with Crippen LogP contribution >= 0.6 is 11.6 Å². The second-order valence-corrected chi connectivity index (χ2v) is 8.32. The number of benzene rings is 3. The van der Waals surface area contributed by atoms with E-state index in [0.29, 0.717) is 28.0 Å². The van der Waals surface area contributed by atoms with Crippen LogP contribution in [0.1, 0.15) is 29.6 Å². The van der Waals surface area contributed by atoms with Crippen molar-refractivity contribution in [3.8, 4) is 0 Å². The summed E-state index contributed by atoms with van der Waals surface area (Å²) >= 11 is 6.12. The number of rotatable bonds is 5. The number of nitrogens with zero attached hydrogens (tertiary/aromatic N) is 1. The third-order valence-electron chi connectivity index (χ3n) is 5.50. The van der Waals surface area contributed by atoms with E-state index in [4.69, 9.17) is 11.6 Å². The first-order chi connectivity index (χ1) is 16.4. The minimum absolute atomic E-state index is 0.151. The molecule has 3 N–H and O–H groups in total. The van der Waals surface area contributed by atoms with Crippen LogP contribution in [0, 0.1) is 11.6 Å². The van der Waals surface area contributed by atoms with Crippen molar-refractivity contribution in [1.82, 2.24) is 0 Å². The van der Waals surface area contributed by atoms with Crippen LogP contribution in [-0.2, 0) is 0 Å². The lowest BCUT2D eigenvalue weighted by Gasteiger charge is -2.31. The highest BCUT2D eigenvalue weighted by Gasteiger charge is 2.18. The third-order valence-corrected chi connectivity index (χ3v) is 5.83. The summed E-state index contributed by atoms with van der Waals surface area (Å²) < 4.78 is 27.1. The molecule has 0 unspecified atom stereocenters. The minimum atomic E-state index is -0.882. The molecule has 4 rings (SSSR count). The lowest BCUT2D eigenvalue weighted by atomic mass is 10.1. The van der Waals surface area contributed by atoms with Gasteiger partial charge in [0.05, 0.1) is 27.6 Å². The number of hydrogen-bond donors (Lipinski definition) is 3. The van der Waals surface area contributed by atoms with Gasteiger partial charge in [-0.1, -0.05) is 23.7 Å². The molecule has 0 saturated carbocycles. The fraction of sp³-hybridized carbons (Fsp3) is 0.200. The molecule has 0 spiro atoms. The maximum absolute atomic E-state index is 14.0. The first-order valence-corrected chi connectivity index (χ1v) is 11.3. The van der Waals surface area contributed by atoms with Crippen molar-refractivity contribution in [3.63, 3.8) is 0 Å². The van der Waals surface area contributed by atoms with Crippen molar-refractivity contribution >= 4 is 46.3 Å². The van der Waals surface area contributed by atoms with E-state index in [-0.39, 0.29) is 11.6 Å². The molecular weight excluding hydrogens is 462 g/mol. The molecule has 1 fully saturated rings. The first-order valence-electron chi connectivity index (χ1n) is 10.9. The molecule has 1 aliphatic heterocycles. The molecule has 1 aliphatic rings. The number of halogens is 3. The van der Waals surface area contributed by atoms with Crippen LogP contribution in [0.3, 0.4) is 0 Å². The molecular formula is C25H23ClF2N4O2. The number of carbonyl (C=O) groups is 2. The molecule has 0 atom stereocenters. The summed E-state index contributed by atoms with van der Waals surface area (Å²) in [5.74, 6) is -2.01. The molecule has 176 valence electrons. The van der Waals surface area contributed by atoms with Gasteiger partial charge in [-0.25, -0.2) is 13.6 Å². The lowest BCUT2D eigenvalue weighted by molar-refractivity contribution is 0.102. The van der Waals surface area contributed by atoms with Crippen molar-refractivity contribution in [3.05, 3.63) is 82.9 Å². The van der Waals surface area contributed by atoms with E-state index in [9.17, 15) is 18.4 Å². The van der Waals surface area contributed by atoms with E-state index in [1.54, 1.807) is 36.4 Å². The van der Waals surface area contributed by atoms with Crippen molar-refractivity contribution in [2.24, 2.45) is 0 Å².